The summed E-state index contributed by atoms with van der Waals surface area (Å²) in [5.74, 6) is -0.199. The second-order valence-electron chi connectivity index (χ2n) is 7.60. The lowest BCUT2D eigenvalue weighted by atomic mass is 10.1. The van der Waals surface area contributed by atoms with Crippen molar-refractivity contribution in [3.8, 4) is 0 Å². The number of nitrogens with one attached hydrogen (secondary N) is 2. The number of hydrogen-bond donors (Lipinski definition) is 2. The molecular weight excluding hydrogens is 448 g/mol. The average molecular weight is 473 g/mol. The molecular formula is C27H24N2O2S2. The Balaban J connectivity index is 1.51. The molecule has 2 amide bonds. The second kappa shape index (κ2) is 10.5. The largest absolute Gasteiger partial charge is 0.325 e. The molecule has 33 heavy (non-hydrogen) atoms. The van der Waals surface area contributed by atoms with Gasteiger partial charge in [0.25, 0.3) is 5.91 Å². The van der Waals surface area contributed by atoms with Crippen LogP contribution in [0.25, 0.3) is 0 Å². The molecule has 6 heteroatoms. The maximum atomic E-state index is 13.3. The van der Waals surface area contributed by atoms with Gasteiger partial charge in [0.2, 0.25) is 5.91 Å². The monoisotopic (exact) mass is 472 g/mol. The molecule has 4 aromatic rings. The van der Waals surface area contributed by atoms with Gasteiger partial charge in [-0.05, 0) is 72.3 Å². The van der Waals surface area contributed by atoms with Gasteiger partial charge >= 0.3 is 0 Å². The van der Waals surface area contributed by atoms with E-state index in [1.165, 1.54) is 23.1 Å². The molecule has 1 aromatic heterocycles. The summed E-state index contributed by atoms with van der Waals surface area (Å²) in [4.78, 5) is 27.2. The first-order valence-electron chi connectivity index (χ1n) is 10.5. The quantitative estimate of drug-likeness (QED) is 0.282. The minimum absolute atomic E-state index is 0.0741. The first-order chi connectivity index (χ1) is 16.0. The molecule has 4 nitrogen and oxygen atoms in total. The Labute approximate surface area is 202 Å². The van der Waals surface area contributed by atoms with Gasteiger partial charge in [-0.1, -0.05) is 48.5 Å². The van der Waals surface area contributed by atoms with Gasteiger partial charge in [0.05, 0.1) is 4.88 Å². The number of carbonyl (C=O) groups is 2. The number of aryl methyl sites for hydroxylation is 1. The second-order valence-corrected chi connectivity index (χ2v) is 9.73. The van der Waals surface area contributed by atoms with Crippen LogP contribution in [0, 0.1) is 13.8 Å². The van der Waals surface area contributed by atoms with Crippen molar-refractivity contribution < 1.29 is 9.59 Å². The van der Waals surface area contributed by atoms with Gasteiger partial charge in [-0.3, -0.25) is 9.59 Å². The zero-order valence-corrected chi connectivity index (χ0v) is 20.0. The molecule has 4 rings (SSSR count). The molecule has 0 aliphatic carbocycles. The number of benzene rings is 3. The smallest absolute Gasteiger partial charge is 0.265 e. The van der Waals surface area contributed by atoms with Gasteiger partial charge in [0, 0.05) is 16.3 Å². The van der Waals surface area contributed by atoms with Crippen molar-refractivity contribution in [2.75, 3.05) is 10.6 Å². The van der Waals surface area contributed by atoms with Crippen LogP contribution < -0.4 is 10.6 Å². The fourth-order valence-corrected chi connectivity index (χ4v) is 4.98. The third-order valence-electron chi connectivity index (χ3n) is 5.31. The van der Waals surface area contributed by atoms with E-state index in [4.69, 9.17) is 0 Å². The molecule has 2 N–H and O–H groups in total. The zero-order chi connectivity index (χ0) is 23.2. The summed E-state index contributed by atoms with van der Waals surface area (Å²) in [5, 5.41) is 7.47. The Hall–Kier alpha value is -3.35. The number of amides is 2. The van der Waals surface area contributed by atoms with Crippen molar-refractivity contribution in [1.29, 1.82) is 0 Å². The van der Waals surface area contributed by atoms with E-state index >= 15 is 0 Å². The molecule has 0 saturated carbocycles. The minimum Gasteiger partial charge on any atom is -0.325 e. The van der Waals surface area contributed by atoms with Crippen LogP contribution in [-0.2, 0) is 4.79 Å². The van der Waals surface area contributed by atoms with Crippen molar-refractivity contribution in [2.24, 2.45) is 0 Å². The molecule has 3 aromatic carbocycles. The highest BCUT2D eigenvalue weighted by Gasteiger charge is 2.23. The number of rotatable bonds is 7. The van der Waals surface area contributed by atoms with Crippen molar-refractivity contribution in [3.05, 3.63) is 112 Å². The normalized spacial score (nSPS) is 11.6. The first-order valence-corrected chi connectivity index (χ1v) is 12.3. The predicted octanol–water partition coefficient (Wildman–Crippen LogP) is 7.09. The van der Waals surface area contributed by atoms with Gasteiger partial charge in [-0.15, -0.1) is 23.1 Å². The number of anilines is 2. The van der Waals surface area contributed by atoms with E-state index in [-0.39, 0.29) is 11.8 Å². The number of carbonyl (C=O) groups excluding carboxylic acids is 2. The molecule has 1 atom stereocenters. The highest BCUT2D eigenvalue weighted by molar-refractivity contribution is 8.00. The van der Waals surface area contributed by atoms with Crippen LogP contribution in [0.1, 0.15) is 31.6 Å². The Bertz CT molecular complexity index is 1240. The third kappa shape index (κ3) is 5.72. The molecule has 0 spiro atoms. The van der Waals surface area contributed by atoms with Crippen LogP contribution in [0.15, 0.2) is 95.2 Å². The molecule has 0 radical (unpaired) electrons. The van der Waals surface area contributed by atoms with Crippen LogP contribution >= 0.6 is 23.1 Å². The SMILES string of the molecule is Cc1cccc(NC(=O)C(Sc2ccc(NC(=O)c3cccs3)cc2)c2ccccc2)c1C. The van der Waals surface area contributed by atoms with Gasteiger partial charge in [0.1, 0.15) is 5.25 Å². The standard InChI is InChI=1S/C27H24N2O2S2/c1-18-8-6-11-23(19(18)2)29-27(31)25(20-9-4-3-5-10-20)33-22-15-13-21(14-16-22)28-26(30)24-12-7-17-32-24/h3-17,25H,1-2H3,(H,28,30)(H,29,31). The summed E-state index contributed by atoms with van der Waals surface area (Å²) in [6, 6.07) is 26.9. The van der Waals surface area contributed by atoms with Gasteiger partial charge in [0.15, 0.2) is 0 Å². The summed E-state index contributed by atoms with van der Waals surface area (Å²) in [6.07, 6.45) is 0. The van der Waals surface area contributed by atoms with Crippen molar-refractivity contribution in [1.82, 2.24) is 0 Å². The van der Waals surface area contributed by atoms with E-state index in [9.17, 15) is 9.59 Å². The van der Waals surface area contributed by atoms with Crippen LogP contribution in [0.5, 0.6) is 0 Å². The van der Waals surface area contributed by atoms with E-state index < -0.39 is 5.25 Å². The topological polar surface area (TPSA) is 58.2 Å². The lowest BCUT2D eigenvalue weighted by Crippen LogP contribution is -2.19. The summed E-state index contributed by atoms with van der Waals surface area (Å²) in [5.41, 5.74) is 4.67. The van der Waals surface area contributed by atoms with Crippen LogP contribution in [0.2, 0.25) is 0 Å². The van der Waals surface area contributed by atoms with E-state index in [2.05, 4.69) is 10.6 Å². The molecule has 0 saturated heterocycles. The Morgan fingerprint density at radius 3 is 2.27 bits per heavy atom. The Morgan fingerprint density at radius 1 is 0.818 bits per heavy atom. The van der Waals surface area contributed by atoms with E-state index in [1.807, 2.05) is 98.1 Å². The Morgan fingerprint density at radius 2 is 1.58 bits per heavy atom. The fraction of sp³-hybridized carbons (Fsp3) is 0.111. The van der Waals surface area contributed by atoms with Crippen LogP contribution in [-0.4, -0.2) is 11.8 Å². The molecule has 0 aliphatic heterocycles. The Kier molecular flexibility index (Phi) is 7.27. The first kappa shape index (κ1) is 22.8. The predicted molar refractivity (Wildman–Crippen MR) is 138 cm³/mol. The van der Waals surface area contributed by atoms with Crippen LogP contribution in [0.3, 0.4) is 0 Å². The highest BCUT2D eigenvalue weighted by atomic mass is 32.2. The molecule has 1 unspecified atom stereocenters. The van der Waals surface area contributed by atoms with E-state index in [0.717, 1.165) is 27.3 Å². The number of thioether (sulfide) groups is 1. The van der Waals surface area contributed by atoms with Crippen molar-refractivity contribution in [3.63, 3.8) is 0 Å². The van der Waals surface area contributed by atoms with Crippen LogP contribution in [0.4, 0.5) is 11.4 Å². The summed E-state index contributed by atoms with van der Waals surface area (Å²) in [7, 11) is 0. The van der Waals surface area contributed by atoms with Gasteiger partial charge in [-0.2, -0.15) is 0 Å². The van der Waals surface area contributed by atoms with Crippen molar-refractivity contribution >= 4 is 46.3 Å². The average Bonchev–Trinajstić information content (AvgIpc) is 3.37. The highest BCUT2D eigenvalue weighted by Crippen LogP contribution is 2.37. The molecule has 0 fully saturated rings. The maximum absolute atomic E-state index is 13.3. The lowest BCUT2D eigenvalue weighted by molar-refractivity contribution is -0.115. The minimum atomic E-state index is -0.419. The molecule has 1 heterocycles. The van der Waals surface area contributed by atoms with Crippen molar-refractivity contribution in [2.45, 2.75) is 24.0 Å². The zero-order valence-electron chi connectivity index (χ0n) is 18.4. The third-order valence-corrected chi connectivity index (χ3v) is 7.45. The number of thiophene rings is 1. The molecule has 166 valence electrons. The maximum Gasteiger partial charge on any atom is 0.265 e. The summed E-state index contributed by atoms with van der Waals surface area (Å²) in [6.45, 7) is 4.05. The lowest BCUT2D eigenvalue weighted by Gasteiger charge is -2.19. The van der Waals surface area contributed by atoms with Gasteiger partial charge in [-0.25, -0.2) is 0 Å². The summed E-state index contributed by atoms with van der Waals surface area (Å²) >= 11 is 2.89. The van der Waals surface area contributed by atoms with E-state index in [1.54, 1.807) is 6.07 Å². The number of hydrogen-bond acceptors (Lipinski definition) is 4. The molecule has 0 bridgehead atoms. The summed E-state index contributed by atoms with van der Waals surface area (Å²) < 4.78 is 0. The molecule has 0 aliphatic rings. The fourth-order valence-electron chi connectivity index (χ4n) is 3.34. The van der Waals surface area contributed by atoms with E-state index in [0.29, 0.717) is 10.6 Å². The van der Waals surface area contributed by atoms with Gasteiger partial charge < -0.3 is 10.6 Å².